The molecule has 2 nitrogen and oxygen atoms in total. The highest BCUT2D eigenvalue weighted by Gasteiger charge is 2.19. The summed E-state index contributed by atoms with van der Waals surface area (Å²) in [5.41, 5.74) is 4.27. The Labute approximate surface area is 96.3 Å². The maximum atomic E-state index is 3.55. The third kappa shape index (κ3) is 1.54. The summed E-state index contributed by atoms with van der Waals surface area (Å²) >= 11 is 0. The van der Waals surface area contributed by atoms with E-state index in [4.69, 9.17) is 0 Å². The van der Waals surface area contributed by atoms with Gasteiger partial charge in [0.1, 0.15) is 0 Å². The molecule has 16 heavy (non-hydrogen) atoms. The maximum absolute atomic E-state index is 3.55. The lowest BCUT2D eigenvalue weighted by Crippen LogP contribution is -2.30. The highest BCUT2D eigenvalue weighted by atomic mass is 15.1. The van der Waals surface area contributed by atoms with Crippen LogP contribution in [-0.2, 0) is 13.0 Å². The van der Waals surface area contributed by atoms with Crippen LogP contribution in [0.1, 0.15) is 24.6 Å². The molecule has 1 aromatic heterocycles. The molecule has 0 unspecified atom stereocenters. The predicted octanol–water partition coefficient (Wildman–Crippen LogP) is 2.94. The quantitative estimate of drug-likeness (QED) is 0.814. The molecule has 0 spiro atoms. The number of nitrogens with one attached hydrogen (secondary N) is 1. The summed E-state index contributed by atoms with van der Waals surface area (Å²) in [6.07, 6.45) is 2.42. The van der Waals surface area contributed by atoms with Crippen LogP contribution in [0, 0.1) is 0 Å². The molecule has 1 N–H and O–H groups in total. The van der Waals surface area contributed by atoms with Crippen LogP contribution in [0.2, 0.25) is 0 Å². The van der Waals surface area contributed by atoms with Crippen molar-refractivity contribution in [3.63, 3.8) is 0 Å². The Morgan fingerprint density at radius 1 is 1.31 bits per heavy atom. The molecule has 1 aliphatic rings. The summed E-state index contributed by atoms with van der Waals surface area (Å²) in [6, 6.07) is 8.65. The number of nitrogens with zero attached hydrogens (tertiary/aromatic N) is 1. The minimum Gasteiger partial charge on any atom is -0.358 e. The van der Waals surface area contributed by atoms with Crippen molar-refractivity contribution >= 4 is 10.9 Å². The van der Waals surface area contributed by atoms with E-state index in [9.17, 15) is 0 Å². The van der Waals surface area contributed by atoms with Gasteiger partial charge in [0, 0.05) is 36.1 Å². The van der Waals surface area contributed by atoms with Crippen LogP contribution >= 0.6 is 0 Å². The van der Waals surface area contributed by atoms with E-state index >= 15 is 0 Å². The van der Waals surface area contributed by atoms with Crippen molar-refractivity contribution in [2.45, 2.75) is 26.3 Å². The molecule has 0 fully saturated rings. The summed E-state index contributed by atoms with van der Waals surface area (Å²) in [4.78, 5) is 6.11. The van der Waals surface area contributed by atoms with Crippen molar-refractivity contribution in [2.75, 3.05) is 13.1 Å². The molecule has 1 aromatic carbocycles. The van der Waals surface area contributed by atoms with Gasteiger partial charge >= 0.3 is 0 Å². The molecule has 3 rings (SSSR count). The van der Waals surface area contributed by atoms with Crippen LogP contribution in [0.4, 0.5) is 0 Å². The van der Waals surface area contributed by atoms with Crippen molar-refractivity contribution in [1.29, 1.82) is 0 Å². The second kappa shape index (κ2) is 3.95. The molecule has 2 heteroatoms. The molecule has 0 aliphatic carbocycles. The first-order valence-electron chi connectivity index (χ1n) is 6.19. The first-order valence-corrected chi connectivity index (χ1v) is 6.19. The fourth-order valence-corrected chi connectivity index (χ4v) is 2.73. The van der Waals surface area contributed by atoms with E-state index in [2.05, 4.69) is 41.1 Å². The van der Waals surface area contributed by atoms with Gasteiger partial charge in [-0.2, -0.15) is 0 Å². The Morgan fingerprint density at radius 3 is 3.06 bits per heavy atom. The largest absolute Gasteiger partial charge is 0.358 e. The fraction of sp³-hybridized carbons (Fsp3) is 0.429. The number of rotatable bonds is 2. The Kier molecular flexibility index (Phi) is 2.44. The molecule has 0 saturated carbocycles. The number of benzene rings is 1. The van der Waals surface area contributed by atoms with Gasteiger partial charge in [0.2, 0.25) is 0 Å². The zero-order valence-corrected chi connectivity index (χ0v) is 9.79. The number of H-pyrrole nitrogens is 1. The Hall–Kier alpha value is -1.28. The number of para-hydroxylation sites is 1. The average Bonchev–Trinajstić information content (AvgIpc) is 2.68. The number of hydrogen-bond donors (Lipinski definition) is 1. The van der Waals surface area contributed by atoms with Crippen LogP contribution < -0.4 is 0 Å². The van der Waals surface area contributed by atoms with Crippen molar-refractivity contribution in [1.82, 2.24) is 9.88 Å². The SMILES string of the molecule is CCCN1CCc2[nH]c3ccccc3c2C1. The second-order valence-corrected chi connectivity index (χ2v) is 4.65. The Morgan fingerprint density at radius 2 is 2.19 bits per heavy atom. The van der Waals surface area contributed by atoms with Gasteiger partial charge in [-0.1, -0.05) is 25.1 Å². The van der Waals surface area contributed by atoms with E-state index in [0.29, 0.717) is 0 Å². The number of aromatic amines is 1. The third-order valence-corrected chi connectivity index (χ3v) is 3.50. The molecule has 0 radical (unpaired) electrons. The zero-order valence-electron chi connectivity index (χ0n) is 9.79. The minimum atomic E-state index is 1.12. The van der Waals surface area contributed by atoms with Crippen LogP contribution in [0.5, 0.6) is 0 Å². The molecular weight excluding hydrogens is 196 g/mol. The monoisotopic (exact) mass is 214 g/mol. The van der Waals surface area contributed by atoms with E-state index in [1.165, 1.54) is 48.1 Å². The maximum Gasteiger partial charge on any atom is 0.0459 e. The number of fused-ring (bicyclic) bond motifs is 3. The summed E-state index contributed by atoms with van der Waals surface area (Å²) in [7, 11) is 0. The van der Waals surface area contributed by atoms with E-state index in [1.807, 2.05) is 0 Å². The van der Waals surface area contributed by atoms with Crippen molar-refractivity contribution in [3.05, 3.63) is 35.5 Å². The van der Waals surface area contributed by atoms with Crippen molar-refractivity contribution < 1.29 is 0 Å². The van der Waals surface area contributed by atoms with Crippen LogP contribution in [0.3, 0.4) is 0 Å². The Bertz CT molecular complexity index is 498. The number of hydrogen-bond acceptors (Lipinski definition) is 1. The van der Waals surface area contributed by atoms with Gasteiger partial charge < -0.3 is 4.98 Å². The van der Waals surface area contributed by atoms with Crippen molar-refractivity contribution in [2.24, 2.45) is 0 Å². The lowest BCUT2D eigenvalue weighted by molar-refractivity contribution is 0.255. The van der Waals surface area contributed by atoms with Gasteiger partial charge in [0.05, 0.1) is 0 Å². The number of aromatic nitrogens is 1. The summed E-state index contributed by atoms with van der Waals surface area (Å²) in [5, 5.41) is 1.42. The average molecular weight is 214 g/mol. The van der Waals surface area contributed by atoms with Gasteiger partial charge in [0.25, 0.3) is 0 Å². The molecule has 84 valence electrons. The first kappa shape index (κ1) is 9.91. The minimum absolute atomic E-state index is 1.12. The van der Waals surface area contributed by atoms with Gasteiger partial charge in [-0.05, 0) is 24.6 Å². The normalized spacial score (nSPS) is 16.6. The molecule has 1 aliphatic heterocycles. The van der Waals surface area contributed by atoms with Crippen LogP contribution in [-0.4, -0.2) is 23.0 Å². The predicted molar refractivity (Wildman–Crippen MR) is 67.6 cm³/mol. The smallest absolute Gasteiger partial charge is 0.0459 e. The van der Waals surface area contributed by atoms with Crippen molar-refractivity contribution in [3.8, 4) is 0 Å². The molecule has 0 atom stereocenters. The van der Waals surface area contributed by atoms with E-state index < -0.39 is 0 Å². The standard InChI is InChI=1S/C14H18N2/c1-2-8-16-9-7-14-12(10-16)11-5-3-4-6-13(11)15-14/h3-6,15H,2,7-10H2,1H3. The first-order chi connectivity index (χ1) is 7.88. The van der Waals surface area contributed by atoms with E-state index in [-0.39, 0.29) is 0 Å². The van der Waals surface area contributed by atoms with Crippen LogP contribution in [0.15, 0.2) is 24.3 Å². The molecular formula is C14H18N2. The molecule has 0 saturated heterocycles. The van der Waals surface area contributed by atoms with Crippen LogP contribution in [0.25, 0.3) is 10.9 Å². The molecule has 2 aromatic rings. The zero-order chi connectivity index (χ0) is 11.0. The van der Waals surface area contributed by atoms with Gasteiger partial charge in [-0.25, -0.2) is 0 Å². The lowest BCUT2D eigenvalue weighted by atomic mass is 10.0. The molecule has 0 amide bonds. The van der Waals surface area contributed by atoms with Gasteiger partial charge in [0.15, 0.2) is 0 Å². The van der Waals surface area contributed by atoms with E-state index in [0.717, 1.165) is 6.54 Å². The fourth-order valence-electron chi connectivity index (χ4n) is 2.73. The summed E-state index contributed by atoms with van der Waals surface area (Å²) in [5.74, 6) is 0. The summed E-state index contributed by atoms with van der Waals surface area (Å²) in [6.45, 7) is 5.80. The van der Waals surface area contributed by atoms with E-state index in [1.54, 1.807) is 0 Å². The molecule has 2 heterocycles. The van der Waals surface area contributed by atoms with Gasteiger partial charge in [-0.3, -0.25) is 4.90 Å². The highest BCUT2D eigenvalue weighted by Crippen LogP contribution is 2.27. The lowest BCUT2D eigenvalue weighted by Gasteiger charge is -2.26. The highest BCUT2D eigenvalue weighted by molar-refractivity contribution is 5.84. The molecule has 0 bridgehead atoms. The third-order valence-electron chi connectivity index (χ3n) is 3.50. The topological polar surface area (TPSA) is 19.0 Å². The second-order valence-electron chi connectivity index (χ2n) is 4.65. The Balaban J connectivity index is 2.01. The summed E-state index contributed by atoms with van der Waals surface area (Å²) < 4.78 is 0. The van der Waals surface area contributed by atoms with Gasteiger partial charge in [-0.15, -0.1) is 0 Å².